The van der Waals surface area contributed by atoms with Crippen LogP contribution in [-0.2, 0) is 26.2 Å². The van der Waals surface area contributed by atoms with Gasteiger partial charge in [-0.25, -0.2) is 8.42 Å². The molecule has 202 valence electrons. The molecule has 3 aromatic rings. The van der Waals surface area contributed by atoms with Crippen molar-refractivity contribution in [2.75, 3.05) is 10.8 Å². The van der Waals surface area contributed by atoms with Crippen molar-refractivity contribution in [3.8, 4) is 0 Å². The largest absolute Gasteiger partial charge is 0.352 e. The van der Waals surface area contributed by atoms with E-state index in [2.05, 4.69) is 21.2 Å². The first-order valence-electron chi connectivity index (χ1n) is 12.2. The number of sulfonamides is 1. The van der Waals surface area contributed by atoms with Gasteiger partial charge in [-0.05, 0) is 68.3 Å². The molecule has 7 nitrogen and oxygen atoms in total. The van der Waals surface area contributed by atoms with Crippen molar-refractivity contribution >= 4 is 55.1 Å². The molecule has 0 aromatic heterocycles. The Morgan fingerprint density at radius 3 is 2.16 bits per heavy atom. The molecule has 3 rings (SSSR count). The lowest BCUT2D eigenvalue weighted by atomic mass is 10.1. The second kappa shape index (κ2) is 13.3. The van der Waals surface area contributed by atoms with E-state index in [9.17, 15) is 18.0 Å². The van der Waals surface area contributed by atoms with Crippen molar-refractivity contribution in [2.24, 2.45) is 0 Å². The summed E-state index contributed by atoms with van der Waals surface area (Å²) in [6.07, 6.45) is 0.726. The first-order chi connectivity index (χ1) is 18.0. The third kappa shape index (κ3) is 7.36. The second-order valence-electron chi connectivity index (χ2n) is 8.91. The number of nitrogens with zero attached hydrogens (tertiary/aromatic N) is 2. The summed E-state index contributed by atoms with van der Waals surface area (Å²) >= 11 is 9.75. The van der Waals surface area contributed by atoms with Crippen LogP contribution in [0, 0.1) is 0 Å². The molecule has 0 aliphatic carbocycles. The van der Waals surface area contributed by atoms with Gasteiger partial charge >= 0.3 is 0 Å². The molecular weight excluding hydrogens is 590 g/mol. The van der Waals surface area contributed by atoms with Crippen LogP contribution in [0.3, 0.4) is 0 Å². The number of anilines is 1. The molecule has 2 amide bonds. The van der Waals surface area contributed by atoms with Crippen molar-refractivity contribution in [3.05, 3.63) is 93.9 Å². The lowest BCUT2D eigenvalue weighted by molar-refractivity contribution is -0.139. The molecule has 0 fully saturated rings. The zero-order chi connectivity index (χ0) is 27.9. The fraction of sp³-hybridized carbons (Fsp3) is 0.286. The molecule has 0 radical (unpaired) electrons. The van der Waals surface area contributed by atoms with Crippen LogP contribution in [-0.4, -0.2) is 43.8 Å². The maximum Gasteiger partial charge on any atom is 0.264 e. The van der Waals surface area contributed by atoms with Crippen molar-refractivity contribution in [1.82, 2.24) is 10.2 Å². The first kappa shape index (κ1) is 29.7. The zero-order valence-electron chi connectivity index (χ0n) is 21.5. The summed E-state index contributed by atoms with van der Waals surface area (Å²) in [6, 6.07) is 20.7. The summed E-state index contributed by atoms with van der Waals surface area (Å²) in [4.78, 5) is 28.4. The number of amides is 2. The van der Waals surface area contributed by atoms with Gasteiger partial charge < -0.3 is 10.2 Å². The standard InChI is InChI=1S/C28H31BrClN3O4S/c1-4-20(2)31-28(35)21(3)32(18-22-10-8-9-13-26(22)30)27(34)19-33(24-16-14-23(29)15-17-24)38(36,37)25-11-6-5-7-12-25/h5-17,20-21H,4,18-19H2,1-3H3,(H,31,35)/t20-,21-/m1/s1. The molecule has 2 atom stereocenters. The van der Waals surface area contributed by atoms with Crippen molar-refractivity contribution < 1.29 is 18.0 Å². The number of benzene rings is 3. The van der Waals surface area contributed by atoms with Crippen LogP contribution >= 0.6 is 27.5 Å². The summed E-state index contributed by atoms with van der Waals surface area (Å²) in [7, 11) is -4.10. The average Bonchev–Trinajstić information content (AvgIpc) is 2.91. The molecule has 38 heavy (non-hydrogen) atoms. The van der Waals surface area contributed by atoms with Gasteiger partial charge in [0.25, 0.3) is 10.0 Å². The molecule has 1 N–H and O–H groups in total. The molecule has 0 saturated carbocycles. The number of rotatable bonds is 11. The summed E-state index contributed by atoms with van der Waals surface area (Å²) in [5, 5.41) is 3.36. The molecule has 0 spiro atoms. The number of nitrogens with one attached hydrogen (secondary N) is 1. The van der Waals surface area contributed by atoms with E-state index in [-0.39, 0.29) is 23.4 Å². The molecule has 0 saturated heterocycles. The highest BCUT2D eigenvalue weighted by Crippen LogP contribution is 2.26. The third-order valence-electron chi connectivity index (χ3n) is 6.19. The van der Waals surface area contributed by atoms with E-state index in [4.69, 9.17) is 11.6 Å². The lowest BCUT2D eigenvalue weighted by Crippen LogP contribution is -2.52. The smallest absolute Gasteiger partial charge is 0.264 e. The van der Waals surface area contributed by atoms with Crippen LogP contribution < -0.4 is 9.62 Å². The number of hydrogen-bond acceptors (Lipinski definition) is 4. The molecule has 10 heteroatoms. The van der Waals surface area contributed by atoms with E-state index in [1.807, 2.05) is 13.8 Å². The Morgan fingerprint density at radius 1 is 0.947 bits per heavy atom. The monoisotopic (exact) mass is 619 g/mol. The highest BCUT2D eigenvalue weighted by molar-refractivity contribution is 9.10. The highest BCUT2D eigenvalue weighted by atomic mass is 79.9. The molecular formula is C28H31BrClN3O4S. The molecule has 0 bridgehead atoms. The Bertz CT molecular complexity index is 1350. The normalized spacial score (nSPS) is 12.9. The van der Waals surface area contributed by atoms with E-state index in [0.717, 1.165) is 15.2 Å². The molecule has 0 heterocycles. The van der Waals surface area contributed by atoms with Crippen molar-refractivity contribution in [1.29, 1.82) is 0 Å². The predicted molar refractivity (Wildman–Crippen MR) is 154 cm³/mol. The summed E-state index contributed by atoms with van der Waals surface area (Å²) < 4.78 is 29.3. The van der Waals surface area contributed by atoms with Gasteiger partial charge in [-0.3, -0.25) is 13.9 Å². The molecule has 0 unspecified atom stereocenters. The summed E-state index contributed by atoms with van der Waals surface area (Å²) in [5.41, 5.74) is 0.964. The highest BCUT2D eigenvalue weighted by Gasteiger charge is 2.33. The topological polar surface area (TPSA) is 86.8 Å². The van der Waals surface area contributed by atoms with Crippen molar-refractivity contribution in [3.63, 3.8) is 0 Å². The third-order valence-corrected chi connectivity index (χ3v) is 8.88. The quantitative estimate of drug-likeness (QED) is 0.301. The van der Waals surface area contributed by atoms with Crippen LogP contribution in [0.4, 0.5) is 5.69 Å². The number of carbonyl (C=O) groups excluding carboxylic acids is 2. The average molecular weight is 621 g/mol. The minimum Gasteiger partial charge on any atom is -0.352 e. The fourth-order valence-electron chi connectivity index (χ4n) is 3.71. The van der Waals surface area contributed by atoms with Gasteiger partial charge in [0.05, 0.1) is 10.6 Å². The minimum atomic E-state index is -4.10. The van der Waals surface area contributed by atoms with Crippen LogP contribution in [0.5, 0.6) is 0 Å². The summed E-state index contributed by atoms with van der Waals surface area (Å²) in [6.45, 7) is 4.99. The van der Waals surface area contributed by atoms with Gasteiger partial charge in [0.15, 0.2) is 0 Å². The van der Waals surface area contributed by atoms with Gasteiger partial charge in [0.1, 0.15) is 12.6 Å². The van der Waals surface area contributed by atoms with Gasteiger partial charge in [-0.15, -0.1) is 0 Å². The minimum absolute atomic E-state index is 0.0349. The maximum absolute atomic E-state index is 13.9. The van der Waals surface area contributed by atoms with E-state index in [1.54, 1.807) is 73.7 Å². The van der Waals surface area contributed by atoms with Gasteiger partial charge in [0.2, 0.25) is 11.8 Å². The first-order valence-corrected chi connectivity index (χ1v) is 14.8. The van der Waals surface area contributed by atoms with E-state index >= 15 is 0 Å². The second-order valence-corrected chi connectivity index (χ2v) is 12.1. The molecule has 0 aliphatic heterocycles. The van der Waals surface area contributed by atoms with Crippen LogP contribution in [0.1, 0.15) is 32.8 Å². The van der Waals surface area contributed by atoms with Gasteiger partial charge in [-0.1, -0.05) is 70.9 Å². The Balaban J connectivity index is 2.02. The molecule has 0 aliphatic rings. The van der Waals surface area contributed by atoms with Crippen molar-refractivity contribution in [2.45, 2.75) is 50.7 Å². The van der Waals surface area contributed by atoms with Gasteiger partial charge in [0, 0.05) is 22.1 Å². The van der Waals surface area contributed by atoms with E-state index in [0.29, 0.717) is 16.3 Å². The Kier molecular flexibility index (Phi) is 10.4. The summed E-state index contributed by atoms with van der Waals surface area (Å²) in [5.74, 6) is -0.875. The molecule has 3 aromatic carbocycles. The maximum atomic E-state index is 13.9. The van der Waals surface area contributed by atoms with Crippen LogP contribution in [0.25, 0.3) is 0 Å². The fourth-order valence-corrected chi connectivity index (χ4v) is 5.61. The number of hydrogen-bond donors (Lipinski definition) is 1. The van der Waals surface area contributed by atoms with Crippen LogP contribution in [0.15, 0.2) is 88.2 Å². The Labute approximate surface area is 238 Å². The SMILES string of the molecule is CC[C@@H](C)NC(=O)[C@@H](C)N(Cc1ccccc1Cl)C(=O)CN(c1ccc(Br)cc1)S(=O)(=O)c1ccccc1. The van der Waals surface area contributed by atoms with E-state index in [1.165, 1.54) is 17.0 Å². The number of carbonyl (C=O) groups is 2. The van der Waals surface area contributed by atoms with Crippen LogP contribution in [0.2, 0.25) is 5.02 Å². The Hall–Kier alpha value is -2.88. The van der Waals surface area contributed by atoms with Gasteiger partial charge in [-0.2, -0.15) is 0 Å². The predicted octanol–water partition coefficient (Wildman–Crippen LogP) is 5.63. The zero-order valence-corrected chi connectivity index (χ0v) is 24.6. The number of halogens is 2. The van der Waals surface area contributed by atoms with E-state index < -0.39 is 28.5 Å². The Morgan fingerprint density at radius 2 is 1.55 bits per heavy atom. The lowest BCUT2D eigenvalue weighted by Gasteiger charge is -2.32.